The van der Waals surface area contributed by atoms with Crippen molar-refractivity contribution in [1.82, 2.24) is 10.6 Å². The summed E-state index contributed by atoms with van der Waals surface area (Å²) in [6, 6.07) is 12.2. The number of nitrogens with zero attached hydrogens (tertiary/aromatic N) is 1. The minimum absolute atomic E-state index is 0.0239. The van der Waals surface area contributed by atoms with Crippen molar-refractivity contribution in [1.29, 1.82) is 0 Å². The fraction of sp³-hybridized carbons (Fsp3) is 0.429. The molecule has 1 aromatic heterocycles. The molecule has 0 bridgehead atoms. The third kappa shape index (κ3) is 7.06. The highest BCUT2D eigenvalue weighted by atomic mass is 32.1. The van der Waals surface area contributed by atoms with Crippen LogP contribution in [-0.4, -0.2) is 31.5 Å². The Hall–Kier alpha value is -2.34. The maximum atomic E-state index is 11.1. The van der Waals surface area contributed by atoms with Crippen molar-refractivity contribution in [2.24, 2.45) is 4.99 Å². The van der Waals surface area contributed by atoms with Crippen LogP contribution in [0, 0.1) is 0 Å². The molecule has 0 fully saturated rings. The number of anilines is 1. The number of benzene rings is 1. The third-order valence-electron chi connectivity index (χ3n) is 4.15. The second-order valence-corrected chi connectivity index (χ2v) is 8.06. The first-order chi connectivity index (χ1) is 12.9. The van der Waals surface area contributed by atoms with Gasteiger partial charge in [0.25, 0.3) is 0 Å². The van der Waals surface area contributed by atoms with E-state index in [0.29, 0.717) is 0 Å². The molecule has 2 aromatic rings. The summed E-state index contributed by atoms with van der Waals surface area (Å²) in [7, 11) is 0. The van der Waals surface area contributed by atoms with E-state index in [9.17, 15) is 4.79 Å². The van der Waals surface area contributed by atoms with Gasteiger partial charge in [-0.3, -0.25) is 9.79 Å². The molecule has 0 aliphatic carbocycles. The summed E-state index contributed by atoms with van der Waals surface area (Å²) in [5, 5.41) is 11.6. The fourth-order valence-corrected chi connectivity index (χ4v) is 3.49. The number of thiophene rings is 1. The molecule has 0 radical (unpaired) electrons. The monoisotopic (exact) mass is 386 g/mol. The molecule has 0 aliphatic heterocycles. The summed E-state index contributed by atoms with van der Waals surface area (Å²) in [6.07, 6.45) is 0.888. The zero-order valence-corrected chi connectivity index (χ0v) is 17.5. The van der Waals surface area contributed by atoms with Crippen molar-refractivity contribution >= 4 is 28.9 Å². The van der Waals surface area contributed by atoms with Gasteiger partial charge >= 0.3 is 0 Å². The van der Waals surface area contributed by atoms with Crippen LogP contribution in [0.5, 0.6) is 0 Å². The molecule has 0 saturated carbocycles. The van der Waals surface area contributed by atoms with Crippen molar-refractivity contribution in [2.75, 3.05) is 25.0 Å². The van der Waals surface area contributed by atoms with E-state index in [-0.39, 0.29) is 11.3 Å². The van der Waals surface area contributed by atoms with Gasteiger partial charge in [0.2, 0.25) is 5.91 Å². The van der Waals surface area contributed by atoms with Crippen molar-refractivity contribution in [3.8, 4) is 0 Å². The second-order valence-electron chi connectivity index (χ2n) is 7.11. The molecule has 1 heterocycles. The van der Waals surface area contributed by atoms with Gasteiger partial charge < -0.3 is 16.0 Å². The fourth-order valence-electron chi connectivity index (χ4n) is 2.64. The summed E-state index contributed by atoms with van der Waals surface area (Å²) >= 11 is 1.78. The van der Waals surface area contributed by atoms with E-state index < -0.39 is 0 Å². The minimum Gasteiger partial charge on any atom is -0.357 e. The summed E-state index contributed by atoms with van der Waals surface area (Å²) in [5.74, 6) is 0.790. The van der Waals surface area contributed by atoms with Crippen LogP contribution in [-0.2, 0) is 16.6 Å². The number of hydrogen-bond acceptors (Lipinski definition) is 3. The first-order valence-corrected chi connectivity index (χ1v) is 10.2. The number of hydrogen-bond donors (Lipinski definition) is 3. The molecule has 1 aromatic carbocycles. The zero-order chi connectivity index (χ0) is 19.7. The highest BCUT2D eigenvalue weighted by Gasteiger charge is 2.21. The largest absolute Gasteiger partial charge is 0.357 e. The van der Waals surface area contributed by atoms with Crippen LogP contribution < -0.4 is 16.0 Å². The minimum atomic E-state index is -0.0543. The van der Waals surface area contributed by atoms with Gasteiger partial charge in [0, 0.05) is 36.0 Å². The van der Waals surface area contributed by atoms with E-state index in [1.807, 2.05) is 24.3 Å². The van der Waals surface area contributed by atoms with Gasteiger partial charge in [-0.15, -0.1) is 11.3 Å². The first kappa shape index (κ1) is 21.0. The van der Waals surface area contributed by atoms with Crippen molar-refractivity contribution < 1.29 is 4.79 Å². The standard InChI is InChI=1S/C21H30N4OS/c1-5-22-20(24-15-21(3,4)19-7-6-14-27-19)23-13-12-17-8-10-18(11-9-17)25-16(2)26/h6-11,14H,5,12-13,15H2,1-4H3,(H,25,26)(H2,22,23,24). The lowest BCUT2D eigenvalue weighted by molar-refractivity contribution is -0.114. The van der Waals surface area contributed by atoms with E-state index in [1.54, 1.807) is 11.3 Å². The Bertz CT molecular complexity index is 736. The van der Waals surface area contributed by atoms with Gasteiger partial charge in [0.05, 0.1) is 6.54 Å². The average molecular weight is 387 g/mol. The van der Waals surface area contributed by atoms with Gasteiger partial charge in [-0.2, -0.15) is 0 Å². The molecule has 0 saturated heterocycles. The maximum absolute atomic E-state index is 11.1. The molecular weight excluding hydrogens is 356 g/mol. The Morgan fingerprint density at radius 1 is 1.15 bits per heavy atom. The van der Waals surface area contributed by atoms with Crippen LogP contribution in [0.2, 0.25) is 0 Å². The van der Waals surface area contributed by atoms with E-state index in [0.717, 1.165) is 37.7 Å². The third-order valence-corrected chi connectivity index (χ3v) is 5.38. The quantitative estimate of drug-likeness (QED) is 0.478. The lowest BCUT2D eigenvalue weighted by Gasteiger charge is -2.21. The molecule has 0 atom stereocenters. The summed E-state index contributed by atoms with van der Waals surface area (Å²) < 4.78 is 0. The molecule has 1 amide bonds. The highest BCUT2D eigenvalue weighted by molar-refractivity contribution is 7.10. The highest BCUT2D eigenvalue weighted by Crippen LogP contribution is 2.27. The molecule has 2 rings (SSSR count). The average Bonchev–Trinajstić information content (AvgIpc) is 3.16. The normalized spacial score (nSPS) is 11.9. The van der Waals surface area contributed by atoms with Gasteiger partial charge in [0.15, 0.2) is 5.96 Å². The number of carbonyl (C=O) groups excluding carboxylic acids is 1. The van der Waals surface area contributed by atoms with Crippen LogP contribution in [0.15, 0.2) is 46.8 Å². The lowest BCUT2D eigenvalue weighted by Crippen LogP contribution is -2.39. The van der Waals surface area contributed by atoms with Gasteiger partial charge in [-0.05, 0) is 42.5 Å². The number of amides is 1. The van der Waals surface area contributed by atoms with E-state index in [1.165, 1.54) is 17.4 Å². The summed E-state index contributed by atoms with van der Waals surface area (Å²) in [6.45, 7) is 10.4. The Labute approximate surface area is 166 Å². The summed E-state index contributed by atoms with van der Waals surface area (Å²) in [4.78, 5) is 17.2. The van der Waals surface area contributed by atoms with Gasteiger partial charge in [-0.25, -0.2) is 0 Å². The Morgan fingerprint density at radius 2 is 1.89 bits per heavy atom. The van der Waals surface area contributed by atoms with Crippen molar-refractivity contribution in [3.05, 3.63) is 52.2 Å². The SMILES string of the molecule is CCNC(=NCC(C)(C)c1cccs1)NCCc1ccc(NC(C)=O)cc1. The number of nitrogens with one attached hydrogen (secondary N) is 3. The zero-order valence-electron chi connectivity index (χ0n) is 16.6. The topological polar surface area (TPSA) is 65.5 Å². The van der Waals surface area contributed by atoms with Crippen molar-refractivity contribution in [3.63, 3.8) is 0 Å². The van der Waals surface area contributed by atoms with Crippen LogP contribution in [0.1, 0.15) is 38.1 Å². The Balaban J connectivity index is 1.87. The number of guanidine groups is 1. The van der Waals surface area contributed by atoms with E-state index in [2.05, 4.69) is 54.2 Å². The molecule has 0 unspecified atom stereocenters. The van der Waals surface area contributed by atoms with Crippen LogP contribution >= 0.6 is 11.3 Å². The Morgan fingerprint density at radius 3 is 2.48 bits per heavy atom. The smallest absolute Gasteiger partial charge is 0.221 e. The van der Waals surface area contributed by atoms with Crippen LogP contribution in [0.4, 0.5) is 5.69 Å². The molecule has 146 valence electrons. The molecule has 5 nitrogen and oxygen atoms in total. The predicted octanol–water partition coefficient (Wildman–Crippen LogP) is 3.78. The molecular formula is C21H30N4OS. The van der Waals surface area contributed by atoms with Crippen LogP contribution in [0.3, 0.4) is 0 Å². The predicted molar refractivity (Wildman–Crippen MR) is 116 cm³/mol. The van der Waals surface area contributed by atoms with E-state index >= 15 is 0 Å². The number of rotatable bonds is 8. The van der Waals surface area contributed by atoms with Gasteiger partial charge in [0.1, 0.15) is 0 Å². The molecule has 6 heteroatoms. The number of aliphatic imine (C=N–C) groups is 1. The van der Waals surface area contributed by atoms with Crippen LogP contribution in [0.25, 0.3) is 0 Å². The Kier molecular flexibility index (Phi) is 7.85. The molecule has 27 heavy (non-hydrogen) atoms. The molecule has 3 N–H and O–H groups in total. The summed E-state index contributed by atoms with van der Waals surface area (Å²) in [5.41, 5.74) is 2.06. The molecule has 0 spiro atoms. The second kappa shape index (κ2) is 10.1. The van der Waals surface area contributed by atoms with E-state index in [4.69, 9.17) is 4.99 Å². The van der Waals surface area contributed by atoms with Crippen molar-refractivity contribution in [2.45, 2.75) is 39.5 Å². The molecule has 0 aliphatic rings. The van der Waals surface area contributed by atoms with Gasteiger partial charge in [-0.1, -0.05) is 32.0 Å². The maximum Gasteiger partial charge on any atom is 0.221 e. The first-order valence-electron chi connectivity index (χ1n) is 9.33. The number of carbonyl (C=O) groups is 1. The lowest BCUT2D eigenvalue weighted by atomic mass is 9.92.